The van der Waals surface area contributed by atoms with E-state index in [2.05, 4.69) is 20.8 Å². The molecule has 0 saturated heterocycles. The van der Waals surface area contributed by atoms with E-state index in [0.717, 1.165) is 5.92 Å². The molecule has 1 fully saturated rings. The zero-order valence-corrected chi connectivity index (χ0v) is 11.2. The van der Waals surface area contributed by atoms with Gasteiger partial charge in [0.25, 0.3) is 0 Å². The van der Waals surface area contributed by atoms with Crippen LogP contribution in [-0.2, 0) is 0 Å². The van der Waals surface area contributed by atoms with E-state index >= 15 is 0 Å². The summed E-state index contributed by atoms with van der Waals surface area (Å²) < 4.78 is 0. The molecular formula is C16H26. The number of hydrogen-bond donors (Lipinski definition) is 0. The Hall–Kier alpha value is -0.520. The van der Waals surface area contributed by atoms with Crippen molar-refractivity contribution < 1.29 is 0 Å². The lowest BCUT2D eigenvalue weighted by molar-refractivity contribution is 0.503. The maximum absolute atomic E-state index is 2.38. The molecule has 2 rings (SSSR count). The first-order chi connectivity index (χ1) is 7.75. The van der Waals surface area contributed by atoms with E-state index in [1.165, 1.54) is 51.4 Å². The molecule has 0 aromatic heterocycles. The summed E-state index contributed by atoms with van der Waals surface area (Å²) in [6.45, 7) is 7.05. The van der Waals surface area contributed by atoms with Gasteiger partial charge in [0.05, 0.1) is 0 Å². The topological polar surface area (TPSA) is 0 Å². The van der Waals surface area contributed by atoms with Gasteiger partial charge in [0.15, 0.2) is 0 Å². The summed E-state index contributed by atoms with van der Waals surface area (Å²) in [4.78, 5) is 0. The molecule has 0 bridgehead atoms. The molecule has 1 saturated carbocycles. The summed E-state index contributed by atoms with van der Waals surface area (Å²) in [6, 6.07) is 0. The standard InChI is InChI=1S/C16H26/c1-4-9-14-12(2)13(3)15-10-7-5-6-8-11-16(14)15/h15H,4-11H2,1-3H3. The van der Waals surface area contributed by atoms with Crippen LogP contribution in [0, 0.1) is 5.92 Å². The molecule has 2 aliphatic carbocycles. The van der Waals surface area contributed by atoms with Crippen LogP contribution in [0.25, 0.3) is 0 Å². The lowest BCUT2D eigenvalue weighted by Gasteiger charge is -2.21. The van der Waals surface area contributed by atoms with Gasteiger partial charge >= 0.3 is 0 Å². The van der Waals surface area contributed by atoms with Crippen LogP contribution in [0.1, 0.15) is 72.1 Å². The molecule has 90 valence electrons. The number of hydrogen-bond acceptors (Lipinski definition) is 0. The van der Waals surface area contributed by atoms with Crippen LogP contribution in [0.2, 0.25) is 0 Å². The van der Waals surface area contributed by atoms with Crippen molar-refractivity contribution in [3.63, 3.8) is 0 Å². The van der Waals surface area contributed by atoms with E-state index in [1.807, 2.05) is 5.57 Å². The predicted molar refractivity (Wildman–Crippen MR) is 71.5 cm³/mol. The van der Waals surface area contributed by atoms with Crippen LogP contribution in [0.15, 0.2) is 22.3 Å². The molecule has 1 unspecified atom stereocenters. The molecule has 0 heteroatoms. The molecule has 0 radical (unpaired) electrons. The van der Waals surface area contributed by atoms with Gasteiger partial charge in [-0.25, -0.2) is 0 Å². The average molecular weight is 218 g/mol. The van der Waals surface area contributed by atoms with Gasteiger partial charge in [-0.1, -0.05) is 43.8 Å². The minimum absolute atomic E-state index is 0.835. The zero-order chi connectivity index (χ0) is 11.5. The van der Waals surface area contributed by atoms with Crippen molar-refractivity contribution in [3.8, 4) is 0 Å². The molecule has 2 aliphatic rings. The highest BCUT2D eigenvalue weighted by molar-refractivity contribution is 5.48. The second-order valence-corrected chi connectivity index (χ2v) is 5.57. The molecular weight excluding hydrogens is 192 g/mol. The Kier molecular flexibility index (Phi) is 3.89. The highest BCUT2D eigenvalue weighted by Crippen LogP contribution is 2.44. The Morgan fingerprint density at radius 3 is 2.56 bits per heavy atom. The first-order valence-corrected chi connectivity index (χ1v) is 7.15. The van der Waals surface area contributed by atoms with Crippen molar-refractivity contribution >= 4 is 0 Å². The Bertz CT molecular complexity index is 317. The summed E-state index contributed by atoms with van der Waals surface area (Å²) in [6.07, 6.45) is 11.2. The fourth-order valence-electron chi connectivity index (χ4n) is 3.54. The predicted octanol–water partition coefficient (Wildman–Crippen LogP) is 5.40. The quantitative estimate of drug-likeness (QED) is 0.582. The van der Waals surface area contributed by atoms with Crippen LogP contribution >= 0.6 is 0 Å². The van der Waals surface area contributed by atoms with Crippen molar-refractivity contribution in [2.45, 2.75) is 72.1 Å². The molecule has 0 aromatic rings. The Balaban J connectivity index is 2.27. The first-order valence-electron chi connectivity index (χ1n) is 7.15. The summed E-state index contributed by atoms with van der Waals surface area (Å²) in [7, 11) is 0. The van der Waals surface area contributed by atoms with Crippen LogP contribution < -0.4 is 0 Å². The summed E-state index contributed by atoms with van der Waals surface area (Å²) in [5, 5.41) is 0. The van der Waals surface area contributed by atoms with E-state index in [-0.39, 0.29) is 0 Å². The SMILES string of the molecule is CCCC1=C2CCCCCCC2C(C)=C1C. The minimum atomic E-state index is 0.835. The van der Waals surface area contributed by atoms with Gasteiger partial charge in [0.1, 0.15) is 0 Å². The van der Waals surface area contributed by atoms with Crippen LogP contribution in [0.4, 0.5) is 0 Å². The van der Waals surface area contributed by atoms with Gasteiger partial charge in [-0.05, 0) is 50.7 Å². The van der Waals surface area contributed by atoms with Crippen LogP contribution in [0.5, 0.6) is 0 Å². The van der Waals surface area contributed by atoms with Gasteiger partial charge in [0.2, 0.25) is 0 Å². The largest absolute Gasteiger partial charge is 0.0651 e. The maximum Gasteiger partial charge on any atom is 0.00159 e. The number of allylic oxidation sites excluding steroid dienone is 4. The minimum Gasteiger partial charge on any atom is -0.0651 e. The van der Waals surface area contributed by atoms with Gasteiger partial charge in [-0.15, -0.1) is 0 Å². The van der Waals surface area contributed by atoms with Crippen molar-refractivity contribution in [2.75, 3.05) is 0 Å². The normalized spacial score (nSPS) is 26.8. The summed E-state index contributed by atoms with van der Waals surface area (Å²) >= 11 is 0. The van der Waals surface area contributed by atoms with Gasteiger partial charge < -0.3 is 0 Å². The highest BCUT2D eigenvalue weighted by Gasteiger charge is 2.28. The lowest BCUT2D eigenvalue weighted by atomic mass is 9.84. The lowest BCUT2D eigenvalue weighted by Crippen LogP contribution is -2.06. The number of rotatable bonds is 2. The molecule has 0 nitrogen and oxygen atoms in total. The summed E-state index contributed by atoms with van der Waals surface area (Å²) in [5.74, 6) is 0.835. The maximum atomic E-state index is 2.38. The molecule has 0 aliphatic heterocycles. The molecule has 0 amide bonds. The highest BCUT2D eigenvalue weighted by atomic mass is 14.3. The van der Waals surface area contributed by atoms with Crippen molar-refractivity contribution in [2.24, 2.45) is 5.92 Å². The van der Waals surface area contributed by atoms with Gasteiger partial charge in [-0.3, -0.25) is 0 Å². The van der Waals surface area contributed by atoms with Crippen LogP contribution in [-0.4, -0.2) is 0 Å². The van der Waals surface area contributed by atoms with Gasteiger partial charge in [0, 0.05) is 5.92 Å². The Morgan fingerprint density at radius 1 is 1.06 bits per heavy atom. The van der Waals surface area contributed by atoms with Crippen molar-refractivity contribution in [3.05, 3.63) is 22.3 Å². The molecule has 0 aromatic carbocycles. The molecule has 0 N–H and O–H groups in total. The number of fused-ring (bicyclic) bond motifs is 1. The van der Waals surface area contributed by atoms with E-state index in [4.69, 9.17) is 0 Å². The second kappa shape index (κ2) is 5.21. The van der Waals surface area contributed by atoms with Crippen molar-refractivity contribution in [1.82, 2.24) is 0 Å². The average Bonchev–Trinajstić information content (AvgIpc) is 2.43. The molecule has 16 heavy (non-hydrogen) atoms. The molecule has 1 atom stereocenters. The third-order valence-corrected chi connectivity index (χ3v) is 4.56. The third-order valence-electron chi connectivity index (χ3n) is 4.56. The molecule has 0 spiro atoms. The second-order valence-electron chi connectivity index (χ2n) is 5.57. The Morgan fingerprint density at radius 2 is 1.81 bits per heavy atom. The molecule has 0 heterocycles. The fraction of sp³-hybridized carbons (Fsp3) is 0.750. The van der Waals surface area contributed by atoms with E-state index < -0.39 is 0 Å². The van der Waals surface area contributed by atoms with Gasteiger partial charge in [-0.2, -0.15) is 0 Å². The van der Waals surface area contributed by atoms with E-state index in [0.29, 0.717) is 0 Å². The Labute approximate surface area is 101 Å². The smallest absolute Gasteiger partial charge is 0.00159 e. The van der Waals surface area contributed by atoms with E-state index in [1.54, 1.807) is 16.7 Å². The third kappa shape index (κ3) is 2.12. The zero-order valence-electron chi connectivity index (χ0n) is 11.2. The summed E-state index contributed by atoms with van der Waals surface area (Å²) in [5.41, 5.74) is 6.91. The van der Waals surface area contributed by atoms with Crippen LogP contribution in [0.3, 0.4) is 0 Å². The monoisotopic (exact) mass is 218 g/mol. The van der Waals surface area contributed by atoms with E-state index in [9.17, 15) is 0 Å². The van der Waals surface area contributed by atoms with Crippen molar-refractivity contribution in [1.29, 1.82) is 0 Å². The fourth-order valence-corrected chi connectivity index (χ4v) is 3.54. The first kappa shape index (κ1) is 12.0.